The van der Waals surface area contributed by atoms with Gasteiger partial charge in [0.05, 0.1) is 11.4 Å². The molecule has 0 spiro atoms. The van der Waals surface area contributed by atoms with Gasteiger partial charge in [-0.25, -0.2) is 0 Å². The monoisotopic (exact) mass is 237 g/mol. The molecule has 0 bridgehead atoms. The second kappa shape index (κ2) is 6.20. The van der Waals surface area contributed by atoms with Crippen LogP contribution in [0.15, 0.2) is 6.07 Å². The largest absolute Gasteiger partial charge is 0.306 e. The van der Waals surface area contributed by atoms with Gasteiger partial charge in [0.1, 0.15) is 0 Å². The van der Waals surface area contributed by atoms with Crippen LogP contribution < -0.4 is 5.32 Å². The molecule has 3 nitrogen and oxygen atoms in total. The summed E-state index contributed by atoms with van der Waals surface area (Å²) in [6.07, 6.45) is 3.54. The van der Waals surface area contributed by atoms with E-state index in [0.717, 1.165) is 18.8 Å². The molecular formula is C14H27N3. The molecule has 0 saturated carbocycles. The maximum Gasteiger partial charge on any atom is 0.0597 e. The molecule has 0 aliphatic carbocycles. The fraction of sp³-hybridized carbons (Fsp3) is 0.786. The molecule has 3 heteroatoms. The lowest BCUT2D eigenvalue weighted by atomic mass is 9.90. The molecule has 98 valence electrons. The van der Waals surface area contributed by atoms with E-state index in [9.17, 15) is 0 Å². The lowest BCUT2D eigenvalue weighted by Gasteiger charge is -2.32. The van der Waals surface area contributed by atoms with Crippen molar-refractivity contribution in [2.45, 2.75) is 72.5 Å². The lowest BCUT2D eigenvalue weighted by Crippen LogP contribution is -2.43. The first kappa shape index (κ1) is 14.2. The van der Waals surface area contributed by atoms with E-state index in [0.29, 0.717) is 0 Å². The summed E-state index contributed by atoms with van der Waals surface area (Å²) in [5.74, 6) is 0. The van der Waals surface area contributed by atoms with Crippen molar-refractivity contribution < 1.29 is 0 Å². The normalized spacial score (nSPS) is 12.1. The molecule has 0 fully saturated rings. The Morgan fingerprint density at radius 3 is 2.24 bits per heavy atom. The molecule has 0 atom stereocenters. The smallest absolute Gasteiger partial charge is 0.0597 e. The van der Waals surface area contributed by atoms with Crippen LogP contribution in [0.1, 0.15) is 58.3 Å². The molecule has 0 aliphatic rings. The minimum atomic E-state index is 0.288. The molecule has 1 aromatic rings. The van der Waals surface area contributed by atoms with Crippen LogP contribution in [0.2, 0.25) is 0 Å². The van der Waals surface area contributed by atoms with Crippen molar-refractivity contribution in [1.82, 2.24) is 15.1 Å². The second-order valence-electron chi connectivity index (χ2n) is 4.79. The Labute approximate surface area is 106 Å². The second-order valence-corrected chi connectivity index (χ2v) is 4.79. The fourth-order valence-corrected chi connectivity index (χ4v) is 2.42. The van der Waals surface area contributed by atoms with E-state index < -0.39 is 0 Å². The van der Waals surface area contributed by atoms with Crippen molar-refractivity contribution in [2.24, 2.45) is 0 Å². The minimum absolute atomic E-state index is 0.288. The van der Waals surface area contributed by atoms with Crippen LogP contribution in [-0.4, -0.2) is 15.3 Å². The molecule has 17 heavy (non-hydrogen) atoms. The molecule has 0 radical (unpaired) electrons. The molecule has 0 saturated heterocycles. The standard InChI is InChI=1S/C14H27N3/c1-6-14(7-2,8-3)15-11-13-10-12(5)16-17(13)9-4/h10,15H,6-9,11H2,1-5H3. The van der Waals surface area contributed by atoms with Gasteiger partial charge in [-0.05, 0) is 39.2 Å². The summed E-state index contributed by atoms with van der Waals surface area (Å²) in [6.45, 7) is 12.9. The van der Waals surface area contributed by atoms with Crippen molar-refractivity contribution in [3.05, 3.63) is 17.5 Å². The molecule has 0 aliphatic heterocycles. The first-order valence-electron chi connectivity index (χ1n) is 6.89. The van der Waals surface area contributed by atoms with Gasteiger partial charge in [-0.3, -0.25) is 4.68 Å². The summed E-state index contributed by atoms with van der Waals surface area (Å²) in [7, 11) is 0. The van der Waals surface area contributed by atoms with Crippen LogP contribution in [0.4, 0.5) is 0 Å². The Kier molecular flexibility index (Phi) is 5.19. The van der Waals surface area contributed by atoms with Gasteiger partial charge in [-0.1, -0.05) is 20.8 Å². The van der Waals surface area contributed by atoms with E-state index in [-0.39, 0.29) is 5.54 Å². The minimum Gasteiger partial charge on any atom is -0.306 e. The highest BCUT2D eigenvalue weighted by Gasteiger charge is 2.23. The van der Waals surface area contributed by atoms with Gasteiger partial charge < -0.3 is 5.32 Å². The number of hydrogen-bond donors (Lipinski definition) is 1. The molecule has 1 aromatic heterocycles. The van der Waals surface area contributed by atoms with Gasteiger partial charge >= 0.3 is 0 Å². The third kappa shape index (κ3) is 3.32. The van der Waals surface area contributed by atoms with Crippen LogP contribution >= 0.6 is 0 Å². The van der Waals surface area contributed by atoms with E-state index in [2.05, 4.69) is 55.8 Å². The van der Waals surface area contributed by atoms with E-state index in [1.54, 1.807) is 0 Å². The third-order valence-corrected chi connectivity index (χ3v) is 3.96. The maximum atomic E-state index is 4.48. The van der Waals surface area contributed by atoms with E-state index in [1.165, 1.54) is 25.0 Å². The highest BCUT2D eigenvalue weighted by Crippen LogP contribution is 2.20. The number of rotatable bonds is 7. The summed E-state index contributed by atoms with van der Waals surface area (Å²) in [5, 5.41) is 8.21. The molecule has 1 rings (SSSR count). The first-order chi connectivity index (χ1) is 8.10. The topological polar surface area (TPSA) is 29.9 Å². The third-order valence-electron chi connectivity index (χ3n) is 3.96. The fourth-order valence-electron chi connectivity index (χ4n) is 2.42. The zero-order valence-corrected chi connectivity index (χ0v) is 12.0. The number of nitrogens with one attached hydrogen (secondary N) is 1. The van der Waals surface area contributed by atoms with E-state index >= 15 is 0 Å². The molecule has 1 heterocycles. The Hall–Kier alpha value is -0.830. The zero-order chi connectivity index (χ0) is 12.9. The number of nitrogens with zero attached hydrogens (tertiary/aromatic N) is 2. The Balaban J connectivity index is 2.71. The summed E-state index contributed by atoms with van der Waals surface area (Å²) < 4.78 is 2.09. The highest BCUT2D eigenvalue weighted by atomic mass is 15.3. The summed E-state index contributed by atoms with van der Waals surface area (Å²) in [6, 6.07) is 2.18. The highest BCUT2D eigenvalue weighted by molar-refractivity contribution is 5.09. The Morgan fingerprint density at radius 1 is 1.18 bits per heavy atom. The van der Waals surface area contributed by atoms with E-state index in [4.69, 9.17) is 0 Å². The van der Waals surface area contributed by atoms with Gasteiger partial charge in [-0.15, -0.1) is 0 Å². The summed E-state index contributed by atoms with van der Waals surface area (Å²) >= 11 is 0. The number of hydrogen-bond acceptors (Lipinski definition) is 2. The summed E-state index contributed by atoms with van der Waals surface area (Å²) in [4.78, 5) is 0. The predicted octanol–water partition coefficient (Wildman–Crippen LogP) is 3.27. The average Bonchev–Trinajstić information content (AvgIpc) is 2.72. The molecule has 0 amide bonds. The van der Waals surface area contributed by atoms with Crippen LogP contribution in [0.3, 0.4) is 0 Å². The maximum absolute atomic E-state index is 4.48. The average molecular weight is 237 g/mol. The van der Waals surface area contributed by atoms with Gasteiger partial charge in [0.25, 0.3) is 0 Å². The predicted molar refractivity (Wildman–Crippen MR) is 73.1 cm³/mol. The lowest BCUT2D eigenvalue weighted by molar-refractivity contribution is 0.284. The van der Waals surface area contributed by atoms with Crippen molar-refractivity contribution in [3.63, 3.8) is 0 Å². The quantitative estimate of drug-likeness (QED) is 0.789. The number of aromatic nitrogens is 2. The zero-order valence-electron chi connectivity index (χ0n) is 12.0. The molecular weight excluding hydrogens is 210 g/mol. The molecule has 0 unspecified atom stereocenters. The van der Waals surface area contributed by atoms with Gasteiger partial charge in [0.15, 0.2) is 0 Å². The van der Waals surface area contributed by atoms with Gasteiger partial charge in [-0.2, -0.15) is 5.10 Å². The van der Waals surface area contributed by atoms with Crippen LogP contribution in [0.25, 0.3) is 0 Å². The van der Waals surface area contributed by atoms with Crippen molar-refractivity contribution >= 4 is 0 Å². The van der Waals surface area contributed by atoms with Gasteiger partial charge in [0, 0.05) is 18.6 Å². The van der Waals surface area contributed by atoms with Crippen LogP contribution in [-0.2, 0) is 13.1 Å². The Morgan fingerprint density at radius 2 is 1.76 bits per heavy atom. The van der Waals surface area contributed by atoms with Crippen molar-refractivity contribution in [1.29, 1.82) is 0 Å². The molecule has 0 aromatic carbocycles. The van der Waals surface area contributed by atoms with Crippen LogP contribution in [0.5, 0.6) is 0 Å². The SMILES string of the molecule is CCn1nc(C)cc1CNC(CC)(CC)CC. The number of aryl methyl sites for hydroxylation is 2. The van der Waals surface area contributed by atoms with Crippen LogP contribution in [0, 0.1) is 6.92 Å². The van der Waals surface area contributed by atoms with Crippen molar-refractivity contribution in [2.75, 3.05) is 0 Å². The van der Waals surface area contributed by atoms with Gasteiger partial charge in [0.2, 0.25) is 0 Å². The Bertz CT molecular complexity index is 329. The summed E-state index contributed by atoms with van der Waals surface area (Å²) in [5.41, 5.74) is 2.69. The van der Waals surface area contributed by atoms with Crippen molar-refractivity contribution in [3.8, 4) is 0 Å². The first-order valence-corrected chi connectivity index (χ1v) is 6.89. The molecule has 1 N–H and O–H groups in total. The van der Waals surface area contributed by atoms with E-state index in [1.807, 2.05) is 0 Å².